The molecule has 104 valence electrons. The SMILES string of the molecule is NC(=S)c1cc(F)ccc1COc1c(F)cccc1F. The largest absolute Gasteiger partial charge is 0.483 e. The topological polar surface area (TPSA) is 35.2 Å². The predicted octanol–water partition coefficient (Wildman–Crippen LogP) is 3.32. The number of ether oxygens (including phenoxy) is 1. The molecule has 0 aliphatic rings. The van der Waals surface area contributed by atoms with Crippen molar-refractivity contribution in [2.45, 2.75) is 6.61 Å². The number of thiocarbonyl (C=S) groups is 1. The standard InChI is InChI=1S/C14H10F3NOS/c15-9-5-4-8(10(6-9)14(18)20)7-19-13-11(16)2-1-3-12(13)17/h1-6H,7H2,(H2,18,20). The van der Waals surface area contributed by atoms with Crippen molar-refractivity contribution in [3.05, 3.63) is 65.0 Å². The number of hydrogen-bond acceptors (Lipinski definition) is 2. The fraction of sp³-hybridized carbons (Fsp3) is 0.0714. The van der Waals surface area contributed by atoms with Crippen LogP contribution in [0.5, 0.6) is 5.75 Å². The Hall–Kier alpha value is -2.08. The fourth-order valence-corrected chi connectivity index (χ4v) is 1.86. The van der Waals surface area contributed by atoms with Gasteiger partial charge in [0, 0.05) is 5.56 Å². The number of hydrogen-bond donors (Lipinski definition) is 1. The molecule has 0 aromatic heterocycles. The Morgan fingerprint density at radius 1 is 1.10 bits per heavy atom. The van der Waals surface area contributed by atoms with Crippen LogP contribution >= 0.6 is 12.2 Å². The summed E-state index contributed by atoms with van der Waals surface area (Å²) in [7, 11) is 0. The van der Waals surface area contributed by atoms with Crippen LogP contribution in [0.2, 0.25) is 0 Å². The first-order valence-electron chi connectivity index (χ1n) is 5.64. The van der Waals surface area contributed by atoms with Crippen molar-refractivity contribution in [3.8, 4) is 5.75 Å². The van der Waals surface area contributed by atoms with Crippen LogP contribution in [0.25, 0.3) is 0 Å². The van der Waals surface area contributed by atoms with Gasteiger partial charge in [0.25, 0.3) is 0 Å². The molecule has 0 spiro atoms. The lowest BCUT2D eigenvalue weighted by Crippen LogP contribution is -2.14. The van der Waals surface area contributed by atoms with Gasteiger partial charge in [0.1, 0.15) is 17.4 Å². The van der Waals surface area contributed by atoms with Crippen LogP contribution in [0.3, 0.4) is 0 Å². The third-order valence-corrected chi connectivity index (χ3v) is 2.85. The highest BCUT2D eigenvalue weighted by Crippen LogP contribution is 2.23. The number of benzene rings is 2. The van der Waals surface area contributed by atoms with E-state index in [9.17, 15) is 13.2 Å². The van der Waals surface area contributed by atoms with Crippen LogP contribution < -0.4 is 10.5 Å². The quantitative estimate of drug-likeness (QED) is 0.879. The molecule has 2 aromatic rings. The highest BCUT2D eigenvalue weighted by Gasteiger charge is 2.12. The van der Waals surface area contributed by atoms with E-state index < -0.39 is 23.2 Å². The molecule has 2 N–H and O–H groups in total. The lowest BCUT2D eigenvalue weighted by atomic mass is 10.1. The Morgan fingerprint density at radius 3 is 2.35 bits per heavy atom. The lowest BCUT2D eigenvalue weighted by molar-refractivity contribution is 0.274. The van der Waals surface area contributed by atoms with Gasteiger partial charge >= 0.3 is 0 Å². The minimum atomic E-state index is -0.816. The van der Waals surface area contributed by atoms with E-state index in [2.05, 4.69) is 0 Å². The van der Waals surface area contributed by atoms with Gasteiger partial charge in [-0.25, -0.2) is 13.2 Å². The summed E-state index contributed by atoms with van der Waals surface area (Å²) in [5.41, 5.74) is 6.19. The van der Waals surface area contributed by atoms with Crippen LogP contribution in [0.1, 0.15) is 11.1 Å². The summed E-state index contributed by atoms with van der Waals surface area (Å²) in [6.45, 7) is -0.176. The minimum absolute atomic E-state index is 0.0166. The van der Waals surface area contributed by atoms with Crippen LogP contribution in [-0.4, -0.2) is 4.99 Å². The predicted molar refractivity (Wildman–Crippen MR) is 73.0 cm³/mol. The molecule has 0 unspecified atom stereocenters. The molecule has 0 saturated carbocycles. The minimum Gasteiger partial charge on any atom is -0.483 e. The van der Waals surface area contributed by atoms with Gasteiger partial charge in [-0.3, -0.25) is 0 Å². The molecular weight excluding hydrogens is 287 g/mol. The van der Waals surface area contributed by atoms with Crippen LogP contribution in [0.15, 0.2) is 36.4 Å². The van der Waals surface area contributed by atoms with Crippen LogP contribution in [0, 0.1) is 17.5 Å². The van der Waals surface area contributed by atoms with E-state index in [1.165, 1.54) is 18.2 Å². The van der Waals surface area contributed by atoms with Crippen molar-refractivity contribution in [2.75, 3.05) is 0 Å². The summed E-state index contributed by atoms with van der Waals surface area (Å²) in [6.07, 6.45) is 0. The Morgan fingerprint density at radius 2 is 1.75 bits per heavy atom. The maximum absolute atomic E-state index is 13.4. The highest BCUT2D eigenvalue weighted by atomic mass is 32.1. The molecule has 0 atom stereocenters. The zero-order valence-corrected chi connectivity index (χ0v) is 11.0. The van der Waals surface area contributed by atoms with Gasteiger partial charge in [-0.15, -0.1) is 0 Å². The van der Waals surface area contributed by atoms with Crippen LogP contribution in [0.4, 0.5) is 13.2 Å². The monoisotopic (exact) mass is 297 g/mol. The average Bonchev–Trinajstić information content (AvgIpc) is 2.39. The van der Waals surface area contributed by atoms with Crippen molar-refractivity contribution in [3.63, 3.8) is 0 Å². The third-order valence-electron chi connectivity index (χ3n) is 2.63. The molecule has 2 nitrogen and oxygen atoms in total. The van der Waals surface area contributed by atoms with E-state index in [-0.39, 0.29) is 17.2 Å². The van der Waals surface area contributed by atoms with E-state index in [1.54, 1.807) is 0 Å². The van der Waals surface area contributed by atoms with Crippen molar-refractivity contribution < 1.29 is 17.9 Å². The molecule has 6 heteroatoms. The zero-order chi connectivity index (χ0) is 14.7. The molecule has 0 fully saturated rings. The second-order valence-corrected chi connectivity index (χ2v) is 4.45. The zero-order valence-electron chi connectivity index (χ0n) is 10.2. The number of para-hydroxylation sites is 1. The third kappa shape index (κ3) is 3.08. The lowest BCUT2D eigenvalue weighted by Gasteiger charge is -2.11. The van der Waals surface area contributed by atoms with Gasteiger partial charge in [0.2, 0.25) is 0 Å². The molecule has 2 aromatic carbocycles. The van der Waals surface area contributed by atoms with Crippen molar-refractivity contribution >= 4 is 17.2 Å². The van der Waals surface area contributed by atoms with E-state index >= 15 is 0 Å². The maximum atomic E-state index is 13.4. The van der Waals surface area contributed by atoms with Gasteiger partial charge in [-0.1, -0.05) is 24.4 Å². The molecule has 2 rings (SSSR count). The van der Waals surface area contributed by atoms with E-state index in [4.69, 9.17) is 22.7 Å². The highest BCUT2D eigenvalue weighted by molar-refractivity contribution is 7.80. The van der Waals surface area contributed by atoms with Crippen molar-refractivity contribution in [2.24, 2.45) is 5.73 Å². The van der Waals surface area contributed by atoms with Crippen LogP contribution in [-0.2, 0) is 6.61 Å². The molecule has 0 heterocycles. The Bertz CT molecular complexity index is 641. The Balaban J connectivity index is 2.25. The maximum Gasteiger partial charge on any atom is 0.191 e. The second kappa shape index (κ2) is 5.92. The molecule has 0 aliphatic carbocycles. The first kappa shape index (κ1) is 14.3. The summed E-state index contributed by atoms with van der Waals surface area (Å²) >= 11 is 4.80. The van der Waals surface area contributed by atoms with Crippen molar-refractivity contribution in [1.82, 2.24) is 0 Å². The average molecular weight is 297 g/mol. The first-order chi connectivity index (χ1) is 9.49. The van der Waals surface area contributed by atoms with Gasteiger partial charge in [-0.2, -0.15) is 0 Å². The fourth-order valence-electron chi connectivity index (χ4n) is 1.67. The first-order valence-corrected chi connectivity index (χ1v) is 6.05. The summed E-state index contributed by atoms with van der Waals surface area (Å²) in [4.78, 5) is -0.0166. The van der Waals surface area contributed by atoms with E-state index in [1.807, 2.05) is 0 Å². The second-order valence-electron chi connectivity index (χ2n) is 4.01. The van der Waals surface area contributed by atoms with E-state index in [0.29, 0.717) is 5.56 Å². The molecule has 0 bridgehead atoms. The molecular formula is C14H10F3NOS. The Kier molecular flexibility index (Phi) is 4.24. The van der Waals surface area contributed by atoms with E-state index in [0.717, 1.165) is 18.2 Å². The molecule has 0 saturated heterocycles. The summed E-state index contributed by atoms with van der Waals surface area (Å²) in [5.74, 6) is -2.63. The van der Waals surface area contributed by atoms with Gasteiger partial charge in [0.15, 0.2) is 17.4 Å². The van der Waals surface area contributed by atoms with Gasteiger partial charge in [0.05, 0.1) is 0 Å². The van der Waals surface area contributed by atoms with Crippen molar-refractivity contribution in [1.29, 1.82) is 0 Å². The number of rotatable bonds is 4. The summed E-state index contributed by atoms with van der Waals surface area (Å²) in [6, 6.07) is 7.14. The molecule has 0 amide bonds. The molecule has 20 heavy (non-hydrogen) atoms. The van der Waals surface area contributed by atoms with Gasteiger partial charge < -0.3 is 10.5 Å². The number of nitrogens with two attached hydrogens (primary N) is 1. The van der Waals surface area contributed by atoms with Gasteiger partial charge in [-0.05, 0) is 29.8 Å². The Labute approximate surface area is 119 Å². The normalized spacial score (nSPS) is 10.3. The number of halogens is 3. The summed E-state index contributed by atoms with van der Waals surface area (Å²) in [5, 5.41) is 0. The smallest absolute Gasteiger partial charge is 0.191 e. The molecule has 0 aliphatic heterocycles. The summed E-state index contributed by atoms with van der Waals surface area (Å²) < 4.78 is 45.0. The molecule has 0 radical (unpaired) electrons.